The fourth-order valence-electron chi connectivity index (χ4n) is 2.74. The summed E-state index contributed by atoms with van der Waals surface area (Å²) in [5, 5.41) is 19.4. The van der Waals surface area contributed by atoms with Gasteiger partial charge in [0.1, 0.15) is 6.04 Å². The Morgan fingerprint density at radius 2 is 1.82 bits per heavy atom. The predicted octanol–water partition coefficient (Wildman–Crippen LogP) is 0.266. The van der Waals surface area contributed by atoms with Crippen molar-refractivity contribution in [2.24, 2.45) is 5.92 Å². The zero-order valence-corrected chi connectivity index (χ0v) is 10.9. The number of hydrogen-bond acceptors (Lipinski definition) is 3. The number of carbonyl (C=O) groups is 2. The van der Waals surface area contributed by atoms with Crippen LogP contribution in [0.4, 0.5) is 0 Å². The topological polar surface area (TPSA) is 74.6 Å². The smallest absolute Gasteiger partial charge is 0.307 e. The Morgan fingerprint density at radius 1 is 1.35 bits per heavy atom. The first-order chi connectivity index (χ1) is 7.59. The van der Waals surface area contributed by atoms with E-state index in [1.807, 2.05) is 21.1 Å². The lowest BCUT2D eigenvalue weighted by Gasteiger charge is -2.42. The van der Waals surface area contributed by atoms with Gasteiger partial charge in [0.05, 0.1) is 27.6 Å². The first-order valence-electron chi connectivity index (χ1n) is 5.85. The molecule has 17 heavy (non-hydrogen) atoms. The Hall–Kier alpha value is -0.940. The van der Waals surface area contributed by atoms with Gasteiger partial charge in [-0.1, -0.05) is 0 Å². The third-order valence-corrected chi connectivity index (χ3v) is 3.42. The molecule has 5 nitrogen and oxygen atoms in total. The first kappa shape index (κ1) is 14.1. The molecule has 0 heterocycles. The Bertz CT molecular complexity index is 330. The van der Waals surface area contributed by atoms with E-state index >= 15 is 0 Å². The standard InChI is InChI=1S/C12H21NO4/c1-8(14)12(17,7-10(15)16)11(9-5-6-9)13(2,3)4/h9,11,17H,5-7H2,1-4H3/p+1/t11?,12-/m0/s1. The normalized spacial score (nSPS) is 21.7. The van der Waals surface area contributed by atoms with Crippen LogP contribution in [0.2, 0.25) is 0 Å². The maximum absolute atomic E-state index is 11.7. The van der Waals surface area contributed by atoms with E-state index in [2.05, 4.69) is 0 Å². The molecule has 2 atom stereocenters. The largest absolute Gasteiger partial charge is 0.481 e. The van der Waals surface area contributed by atoms with Gasteiger partial charge in [0.2, 0.25) is 0 Å². The van der Waals surface area contributed by atoms with Crippen LogP contribution in [0.3, 0.4) is 0 Å². The molecule has 0 spiro atoms. The fourth-order valence-corrected chi connectivity index (χ4v) is 2.74. The average Bonchev–Trinajstić information content (AvgIpc) is 2.83. The van der Waals surface area contributed by atoms with Crippen LogP contribution in [0.25, 0.3) is 0 Å². The van der Waals surface area contributed by atoms with Gasteiger partial charge in [-0.25, -0.2) is 0 Å². The zero-order chi connectivity index (χ0) is 13.4. The van der Waals surface area contributed by atoms with Gasteiger partial charge in [-0.2, -0.15) is 0 Å². The van der Waals surface area contributed by atoms with E-state index in [4.69, 9.17) is 5.11 Å². The molecule has 0 saturated heterocycles. The van der Waals surface area contributed by atoms with Gasteiger partial charge in [0.15, 0.2) is 11.4 Å². The highest BCUT2D eigenvalue weighted by atomic mass is 16.4. The molecule has 2 N–H and O–H groups in total. The van der Waals surface area contributed by atoms with Gasteiger partial charge in [0.25, 0.3) is 0 Å². The van der Waals surface area contributed by atoms with E-state index in [9.17, 15) is 14.7 Å². The highest BCUT2D eigenvalue weighted by Crippen LogP contribution is 2.43. The lowest BCUT2D eigenvalue weighted by Crippen LogP contribution is -2.63. The molecule has 1 unspecified atom stereocenters. The molecule has 1 aliphatic carbocycles. The van der Waals surface area contributed by atoms with Crippen molar-refractivity contribution in [1.29, 1.82) is 0 Å². The number of carboxylic acid groups (broad SMARTS) is 1. The maximum Gasteiger partial charge on any atom is 0.307 e. The van der Waals surface area contributed by atoms with E-state index in [1.165, 1.54) is 6.92 Å². The minimum atomic E-state index is -1.76. The first-order valence-corrected chi connectivity index (χ1v) is 5.85. The van der Waals surface area contributed by atoms with Crippen LogP contribution in [0.15, 0.2) is 0 Å². The Morgan fingerprint density at radius 3 is 2.06 bits per heavy atom. The Kier molecular flexibility index (Phi) is 3.64. The number of quaternary nitrogens is 1. The van der Waals surface area contributed by atoms with E-state index in [0.717, 1.165) is 12.8 Å². The summed E-state index contributed by atoms with van der Waals surface area (Å²) in [4.78, 5) is 22.6. The summed E-state index contributed by atoms with van der Waals surface area (Å²) >= 11 is 0. The van der Waals surface area contributed by atoms with Crippen molar-refractivity contribution >= 4 is 11.8 Å². The van der Waals surface area contributed by atoms with Crippen LogP contribution in [0, 0.1) is 5.92 Å². The van der Waals surface area contributed by atoms with Gasteiger partial charge in [0, 0.05) is 5.92 Å². The summed E-state index contributed by atoms with van der Waals surface area (Å²) in [6.07, 6.45) is 1.39. The molecule has 5 heteroatoms. The molecule has 98 valence electrons. The molecule has 1 aliphatic rings. The van der Waals surface area contributed by atoms with Gasteiger partial charge >= 0.3 is 5.97 Å². The minimum absolute atomic E-state index is 0.239. The lowest BCUT2D eigenvalue weighted by molar-refractivity contribution is -0.904. The molecular formula is C12H22NO4+. The molecule has 0 aromatic heterocycles. The summed E-state index contributed by atoms with van der Waals surface area (Å²) in [5.74, 6) is -1.35. The summed E-state index contributed by atoms with van der Waals surface area (Å²) in [7, 11) is 5.66. The summed E-state index contributed by atoms with van der Waals surface area (Å²) < 4.78 is 0.397. The molecule has 0 amide bonds. The SMILES string of the molecule is CC(=O)[C@@](O)(CC(=O)O)C(C1CC1)[N+](C)(C)C. The van der Waals surface area contributed by atoms with Crippen molar-refractivity contribution in [3.05, 3.63) is 0 Å². The number of Topliss-reactive ketones (excluding diaryl/α,β-unsaturated/α-hetero) is 1. The predicted molar refractivity (Wildman–Crippen MR) is 62.4 cm³/mol. The maximum atomic E-state index is 11.7. The number of hydrogen-bond donors (Lipinski definition) is 2. The lowest BCUT2D eigenvalue weighted by atomic mass is 9.82. The molecule has 1 rings (SSSR count). The summed E-state index contributed by atoms with van der Waals surface area (Å²) in [6.45, 7) is 1.27. The second-order valence-electron chi connectivity index (χ2n) is 5.95. The second kappa shape index (κ2) is 4.38. The number of rotatable bonds is 6. The number of aliphatic carboxylic acids is 1. The van der Waals surface area contributed by atoms with E-state index in [1.54, 1.807) is 0 Å². The van der Waals surface area contributed by atoms with Crippen LogP contribution in [0.1, 0.15) is 26.2 Å². The van der Waals surface area contributed by atoms with Crippen LogP contribution < -0.4 is 0 Å². The number of likely N-dealkylation sites (N-methyl/N-ethyl adjacent to an activating group) is 1. The second-order valence-corrected chi connectivity index (χ2v) is 5.95. The van der Waals surface area contributed by atoms with Gasteiger partial charge < -0.3 is 14.7 Å². The molecule has 0 aromatic carbocycles. The molecule has 1 fully saturated rings. The quantitative estimate of drug-likeness (QED) is 0.658. The van der Waals surface area contributed by atoms with E-state index in [0.29, 0.717) is 4.48 Å². The molecule has 1 saturated carbocycles. The van der Waals surface area contributed by atoms with Gasteiger partial charge in [-0.05, 0) is 19.8 Å². The number of carbonyl (C=O) groups excluding carboxylic acids is 1. The van der Waals surface area contributed by atoms with Crippen molar-refractivity contribution < 1.29 is 24.3 Å². The summed E-state index contributed by atoms with van der Waals surface area (Å²) in [5.41, 5.74) is -1.76. The van der Waals surface area contributed by atoms with Gasteiger partial charge in [-0.15, -0.1) is 0 Å². The van der Waals surface area contributed by atoms with Crippen molar-refractivity contribution in [3.63, 3.8) is 0 Å². The molecular weight excluding hydrogens is 222 g/mol. The van der Waals surface area contributed by atoms with E-state index in [-0.39, 0.29) is 12.0 Å². The van der Waals surface area contributed by atoms with Crippen LogP contribution in [0.5, 0.6) is 0 Å². The number of nitrogens with zero attached hydrogens (tertiary/aromatic N) is 1. The highest BCUT2D eigenvalue weighted by Gasteiger charge is 2.56. The Balaban J connectivity index is 3.09. The van der Waals surface area contributed by atoms with Crippen molar-refractivity contribution in [3.8, 4) is 0 Å². The monoisotopic (exact) mass is 244 g/mol. The highest BCUT2D eigenvalue weighted by molar-refractivity contribution is 5.89. The van der Waals surface area contributed by atoms with Gasteiger partial charge in [-0.3, -0.25) is 9.59 Å². The number of ketones is 1. The molecule has 0 aliphatic heterocycles. The van der Waals surface area contributed by atoms with Crippen LogP contribution in [-0.2, 0) is 9.59 Å². The zero-order valence-electron chi connectivity index (χ0n) is 10.9. The number of aliphatic hydroxyl groups is 1. The van der Waals surface area contributed by atoms with Crippen LogP contribution in [-0.4, -0.2) is 59.2 Å². The molecule has 0 radical (unpaired) electrons. The third-order valence-electron chi connectivity index (χ3n) is 3.42. The Labute approximate surface area is 102 Å². The van der Waals surface area contributed by atoms with Crippen molar-refractivity contribution in [2.45, 2.75) is 37.8 Å². The third kappa shape index (κ3) is 3.04. The summed E-state index contributed by atoms with van der Waals surface area (Å²) in [6, 6.07) is -0.351. The van der Waals surface area contributed by atoms with E-state index < -0.39 is 23.8 Å². The van der Waals surface area contributed by atoms with Crippen LogP contribution >= 0.6 is 0 Å². The fraction of sp³-hybridized carbons (Fsp3) is 0.833. The molecule has 0 aromatic rings. The number of carboxylic acids is 1. The van der Waals surface area contributed by atoms with Crippen molar-refractivity contribution in [2.75, 3.05) is 21.1 Å². The van der Waals surface area contributed by atoms with Crippen molar-refractivity contribution in [1.82, 2.24) is 0 Å². The average molecular weight is 244 g/mol. The minimum Gasteiger partial charge on any atom is -0.481 e. The molecule has 0 bridgehead atoms.